The van der Waals surface area contributed by atoms with Crippen molar-refractivity contribution in [2.45, 2.75) is 46.3 Å². The first-order valence-electron chi connectivity index (χ1n) is 7.06. The maximum atomic E-state index is 5.67. The van der Waals surface area contributed by atoms with Crippen LogP contribution in [0.15, 0.2) is 30.7 Å². The van der Waals surface area contributed by atoms with Crippen LogP contribution in [0.2, 0.25) is 0 Å². The third kappa shape index (κ3) is 4.35. The molecule has 0 bridgehead atoms. The zero-order valence-electron chi connectivity index (χ0n) is 12.3. The van der Waals surface area contributed by atoms with Gasteiger partial charge in [-0.15, -0.1) is 0 Å². The van der Waals surface area contributed by atoms with Gasteiger partial charge in [-0.25, -0.2) is 4.98 Å². The first-order chi connectivity index (χ1) is 9.67. The van der Waals surface area contributed by atoms with E-state index in [0.29, 0.717) is 11.9 Å². The fourth-order valence-electron chi connectivity index (χ4n) is 1.77. The summed E-state index contributed by atoms with van der Waals surface area (Å²) >= 11 is 0. The summed E-state index contributed by atoms with van der Waals surface area (Å²) < 4.78 is 7.54. The van der Waals surface area contributed by atoms with Crippen molar-refractivity contribution in [3.8, 4) is 11.6 Å². The molecule has 2 heterocycles. The molecule has 5 heteroatoms. The second-order valence-electron chi connectivity index (χ2n) is 5.08. The van der Waals surface area contributed by atoms with Crippen molar-refractivity contribution in [2.75, 3.05) is 0 Å². The summed E-state index contributed by atoms with van der Waals surface area (Å²) in [4.78, 5) is 4.31. The number of pyridine rings is 1. The molecule has 0 saturated carbocycles. The molecule has 0 unspecified atom stereocenters. The van der Waals surface area contributed by atoms with Gasteiger partial charge in [0.2, 0.25) is 5.88 Å². The Balaban J connectivity index is 1.92. The van der Waals surface area contributed by atoms with Crippen LogP contribution >= 0.6 is 0 Å². The van der Waals surface area contributed by atoms with Gasteiger partial charge >= 0.3 is 0 Å². The van der Waals surface area contributed by atoms with Gasteiger partial charge in [-0.3, -0.25) is 4.68 Å². The second-order valence-corrected chi connectivity index (χ2v) is 5.08. The number of rotatable bonds is 7. The van der Waals surface area contributed by atoms with Crippen molar-refractivity contribution in [2.24, 2.45) is 0 Å². The van der Waals surface area contributed by atoms with Crippen molar-refractivity contribution in [1.82, 2.24) is 20.1 Å². The highest BCUT2D eigenvalue weighted by Crippen LogP contribution is 2.18. The lowest BCUT2D eigenvalue weighted by Gasteiger charge is -2.08. The van der Waals surface area contributed by atoms with Crippen LogP contribution in [0.3, 0.4) is 0 Å². The van der Waals surface area contributed by atoms with Crippen molar-refractivity contribution in [3.63, 3.8) is 0 Å². The Morgan fingerprint density at radius 3 is 2.80 bits per heavy atom. The van der Waals surface area contributed by atoms with Crippen molar-refractivity contribution < 1.29 is 4.74 Å². The maximum Gasteiger partial charge on any atom is 0.219 e. The Labute approximate surface area is 120 Å². The lowest BCUT2D eigenvalue weighted by atomic mass is 10.2. The third-order valence-electron chi connectivity index (χ3n) is 2.80. The number of aryl methyl sites for hydroxylation is 1. The molecule has 0 aliphatic carbocycles. The molecule has 0 atom stereocenters. The Bertz CT molecular complexity index is 519. The zero-order chi connectivity index (χ0) is 14.4. The van der Waals surface area contributed by atoms with E-state index in [0.717, 1.165) is 30.8 Å². The molecule has 1 N–H and O–H groups in total. The van der Waals surface area contributed by atoms with Gasteiger partial charge in [-0.1, -0.05) is 26.8 Å². The molecular formula is C15H22N4O. The summed E-state index contributed by atoms with van der Waals surface area (Å²) in [5, 5.41) is 7.58. The van der Waals surface area contributed by atoms with Crippen LogP contribution in [-0.2, 0) is 13.1 Å². The average molecular weight is 274 g/mol. The summed E-state index contributed by atoms with van der Waals surface area (Å²) in [6.45, 7) is 8.08. The smallest absolute Gasteiger partial charge is 0.219 e. The second kappa shape index (κ2) is 7.05. The van der Waals surface area contributed by atoms with E-state index in [1.807, 2.05) is 29.2 Å². The number of nitrogens with one attached hydrogen (secondary N) is 1. The Kier molecular flexibility index (Phi) is 5.12. The maximum absolute atomic E-state index is 5.67. The minimum Gasteiger partial charge on any atom is -0.436 e. The van der Waals surface area contributed by atoms with Crippen molar-refractivity contribution in [3.05, 3.63) is 36.3 Å². The molecule has 0 aliphatic heterocycles. The molecule has 0 radical (unpaired) electrons. The van der Waals surface area contributed by atoms with Crippen molar-refractivity contribution in [1.29, 1.82) is 0 Å². The van der Waals surface area contributed by atoms with E-state index >= 15 is 0 Å². The Morgan fingerprint density at radius 2 is 2.15 bits per heavy atom. The summed E-state index contributed by atoms with van der Waals surface area (Å²) in [7, 11) is 0. The van der Waals surface area contributed by atoms with E-state index < -0.39 is 0 Å². The molecule has 2 aromatic rings. The molecule has 108 valence electrons. The van der Waals surface area contributed by atoms with Gasteiger partial charge in [-0.2, -0.15) is 5.10 Å². The van der Waals surface area contributed by atoms with E-state index in [4.69, 9.17) is 4.74 Å². The fraction of sp³-hybridized carbons (Fsp3) is 0.467. The molecule has 0 saturated heterocycles. The van der Waals surface area contributed by atoms with Crippen LogP contribution in [0.1, 0.15) is 32.8 Å². The van der Waals surface area contributed by atoms with Gasteiger partial charge in [0.05, 0.1) is 12.4 Å². The summed E-state index contributed by atoms with van der Waals surface area (Å²) in [5.41, 5.74) is 1.15. The van der Waals surface area contributed by atoms with Crippen LogP contribution < -0.4 is 10.1 Å². The van der Waals surface area contributed by atoms with Crippen LogP contribution in [0.4, 0.5) is 0 Å². The SMILES string of the molecule is CCCn1cc(Oc2ccc(CNC(C)C)cn2)cn1. The van der Waals surface area contributed by atoms with Gasteiger partial charge < -0.3 is 10.1 Å². The normalized spacial score (nSPS) is 11.0. The number of nitrogens with zero attached hydrogens (tertiary/aromatic N) is 3. The minimum atomic E-state index is 0.468. The first kappa shape index (κ1) is 14.5. The molecule has 0 aliphatic rings. The van der Waals surface area contributed by atoms with Gasteiger partial charge in [0.15, 0.2) is 5.75 Å². The quantitative estimate of drug-likeness (QED) is 0.843. The first-order valence-corrected chi connectivity index (χ1v) is 7.06. The van der Waals surface area contributed by atoms with E-state index in [1.54, 1.807) is 6.20 Å². The fourth-order valence-corrected chi connectivity index (χ4v) is 1.77. The molecule has 0 amide bonds. The predicted octanol–water partition coefficient (Wildman–Crippen LogP) is 2.98. The van der Waals surface area contributed by atoms with Crippen LogP contribution in [-0.4, -0.2) is 20.8 Å². The lowest BCUT2D eigenvalue weighted by molar-refractivity contribution is 0.460. The standard InChI is InChI=1S/C15H22N4O/c1-4-7-19-11-14(10-18-19)20-15-6-5-13(9-17-15)8-16-12(2)3/h5-6,9-12,16H,4,7-8H2,1-3H3. The van der Waals surface area contributed by atoms with Crippen LogP contribution in [0.5, 0.6) is 11.6 Å². The van der Waals surface area contributed by atoms with E-state index in [9.17, 15) is 0 Å². The Hall–Kier alpha value is -1.88. The van der Waals surface area contributed by atoms with Gasteiger partial charge in [0.1, 0.15) is 0 Å². The lowest BCUT2D eigenvalue weighted by Crippen LogP contribution is -2.21. The average Bonchev–Trinajstić information content (AvgIpc) is 2.86. The van der Waals surface area contributed by atoms with Crippen LogP contribution in [0, 0.1) is 0 Å². The van der Waals surface area contributed by atoms with Crippen LogP contribution in [0.25, 0.3) is 0 Å². The zero-order valence-corrected chi connectivity index (χ0v) is 12.3. The molecule has 20 heavy (non-hydrogen) atoms. The highest BCUT2D eigenvalue weighted by atomic mass is 16.5. The van der Waals surface area contributed by atoms with Gasteiger partial charge in [0, 0.05) is 31.4 Å². The minimum absolute atomic E-state index is 0.468. The third-order valence-corrected chi connectivity index (χ3v) is 2.80. The molecule has 2 aromatic heterocycles. The summed E-state index contributed by atoms with van der Waals surface area (Å²) in [5.74, 6) is 1.31. The van der Waals surface area contributed by atoms with Gasteiger partial charge in [-0.05, 0) is 12.0 Å². The number of aromatic nitrogens is 3. The van der Waals surface area contributed by atoms with E-state index in [-0.39, 0.29) is 0 Å². The predicted molar refractivity (Wildman–Crippen MR) is 78.8 cm³/mol. The van der Waals surface area contributed by atoms with Gasteiger partial charge in [0.25, 0.3) is 0 Å². The molecule has 5 nitrogen and oxygen atoms in total. The molecule has 2 rings (SSSR count). The molecule has 0 spiro atoms. The molecule has 0 aromatic carbocycles. The summed E-state index contributed by atoms with van der Waals surface area (Å²) in [6, 6.07) is 4.37. The number of ether oxygens (including phenoxy) is 1. The largest absolute Gasteiger partial charge is 0.436 e. The number of hydrogen-bond donors (Lipinski definition) is 1. The van der Waals surface area contributed by atoms with E-state index in [1.165, 1.54) is 0 Å². The topological polar surface area (TPSA) is 52.0 Å². The van der Waals surface area contributed by atoms with Crippen molar-refractivity contribution >= 4 is 0 Å². The Morgan fingerprint density at radius 1 is 1.30 bits per heavy atom. The molecular weight excluding hydrogens is 252 g/mol. The monoisotopic (exact) mass is 274 g/mol. The summed E-state index contributed by atoms with van der Waals surface area (Å²) in [6.07, 6.45) is 6.49. The molecule has 0 fully saturated rings. The van der Waals surface area contributed by atoms with E-state index in [2.05, 4.69) is 36.2 Å². The number of hydrogen-bond acceptors (Lipinski definition) is 4. The highest BCUT2D eigenvalue weighted by molar-refractivity contribution is 5.23. The highest BCUT2D eigenvalue weighted by Gasteiger charge is 2.03.